The zero-order valence-corrected chi connectivity index (χ0v) is 28.3. The number of rotatable bonds is 3. The van der Waals surface area contributed by atoms with Crippen molar-refractivity contribution in [3.05, 3.63) is 170 Å². The number of nitrogens with zero attached hydrogens (tertiary/aromatic N) is 2. The SMILES string of the molecule is c1ccc2c(c1)sc1ccc(-c3cccc4c5ccccc5n(-c5ccc(-c6cc7c8ccccc8n8c9ccccc9c(c6)c78)cc5)c34)cc12. The number of thiophene rings is 1. The number of benzene rings is 8. The molecule has 0 aliphatic rings. The van der Waals surface area contributed by atoms with Crippen LogP contribution in [0.1, 0.15) is 0 Å². The van der Waals surface area contributed by atoms with Crippen LogP contribution in [-0.2, 0) is 0 Å². The summed E-state index contributed by atoms with van der Waals surface area (Å²) >= 11 is 1.87. The first-order valence-corrected chi connectivity index (χ1v) is 18.3. The summed E-state index contributed by atoms with van der Waals surface area (Å²) in [5, 5.41) is 10.4. The van der Waals surface area contributed by atoms with E-state index >= 15 is 0 Å². The van der Waals surface area contributed by atoms with Crippen LogP contribution in [0.2, 0.25) is 0 Å². The van der Waals surface area contributed by atoms with Gasteiger partial charge in [0.1, 0.15) is 0 Å². The van der Waals surface area contributed by atoms with E-state index in [2.05, 4.69) is 179 Å². The lowest BCUT2D eigenvalue weighted by atomic mass is 9.99. The number of aromatic nitrogens is 2. The molecule has 0 fully saturated rings. The first-order valence-electron chi connectivity index (χ1n) is 17.5. The standard InChI is InChI=1S/C48H28N2S/c1-5-16-42-34(10-1)38-15-9-14-33(30-22-25-46-39(26-30)37-13-4-8-19-45(37)51-46)47(38)49(42)32-23-20-29(21-24-32)31-27-40-35-11-2-6-17-43(35)50-44-18-7-3-12-36(44)41(28-31)48(40)50/h1-28H. The topological polar surface area (TPSA) is 9.34 Å². The van der Waals surface area contributed by atoms with Gasteiger partial charge in [-0.05, 0) is 77.4 Å². The highest BCUT2D eigenvalue weighted by atomic mass is 32.1. The minimum atomic E-state index is 1.16. The van der Waals surface area contributed by atoms with Crippen molar-refractivity contribution in [2.75, 3.05) is 0 Å². The number of para-hydroxylation sites is 4. The Hall–Kier alpha value is -6.42. The van der Waals surface area contributed by atoms with Crippen LogP contribution in [0.5, 0.6) is 0 Å². The van der Waals surface area contributed by atoms with Crippen molar-refractivity contribution >= 4 is 91.4 Å². The van der Waals surface area contributed by atoms with Crippen LogP contribution in [0.3, 0.4) is 0 Å². The monoisotopic (exact) mass is 664 g/mol. The summed E-state index contributed by atoms with van der Waals surface area (Å²) in [6.45, 7) is 0. The molecule has 0 N–H and O–H groups in total. The molecule has 0 aliphatic heterocycles. The number of hydrogen-bond donors (Lipinski definition) is 0. The number of fused-ring (bicyclic) bond motifs is 12. The van der Waals surface area contributed by atoms with E-state index in [-0.39, 0.29) is 0 Å². The molecule has 0 unspecified atom stereocenters. The van der Waals surface area contributed by atoms with Gasteiger partial charge in [-0.2, -0.15) is 0 Å². The zero-order valence-electron chi connectivity index (χ0n) is 27.5. The summed E-state index contributed by atoms with van der Waals surface area (Å²) in [5.74, 6) is 0. The molecule has 8 aromatic carbocycles. The van der Waals surface area contributed by atoms with Crippen LogP contribution < -0.4 is 0 Å². The minimum Gasteiger partial charge on any atom is -0.309 e. The summed E-state index contributed by atoms with van der Waals surface area (Å²) in [6.07, 6.45) is 0. The summed E-state index contributed by atoms with van der Waals surface area (Å²) in [7, 11) is 0. The van der Waals surface area contributed by atoms with Gasteiger partial charge in [0.2, 0.25) is 0 Å². The predicted molar refractivity (Wildman–Crippen MR) is 219 cm³/mol. The van der Waals surface area contributed by atoms with E-state index in [1.807, 2.05) is 11.3 Å². The lowest BCUT2D eigenvalue weighted by Gasteiger charge is -2.13. The molecule has 51 heavy (non-hydrogen) atoms. The van der Waals surface area contributed by atoms with E-state index < -0.39 is 0 Å². The Morgan fingerprint density at radius 3 is 1.61 bits per heavy atom. The second-order valence-corrected chi connectivity index (χ2v) is 14.8. The van der Waals surface area contributed by atoms with Crippen molar-refractivity contribution < 1.29 is 0 Å². The quantitative estimate of drug-likeness (QED) is 0.178. The van der Waals surface area contributed by atoms with Crippen LogP contribution in [0.15, 0.2) is 170 Å². The Morgan fingerprint density at radius 1 is 0.333 bits per heavy atom. The molecule has 12 rings (SSSR count). The maximum Gasteiger partial charge on any atom is 0.0620 e. The predicted octanol–water partition coefficient (Wildman–Crippen LogP) is 13.6. The lowest BCUT2D eigenvalue weighted by molar-refractivity contribution is 1.18. The van der Waals surface area contributed by atoms with Gasteiger partial charge in [0.15, 0.2) is 0 Å². The van der Waals surface area contributed by atoms with Gasteiger partial charge < -0.3 is 8.97 Å². The fourth-order valence-electron chi connectivity index (χ4n) is 8.83. The Balaban J connectivity index is 1.07. The fraction of sp³-hybridized carbons (Fsp3) is 0. The summed E-state index contributed by atoms with van der Waals surface area (Å²) in [6, 6.07) is 62.9. The first kappa shape index (κ1) is 27.4. The van der Waals surface area contributed by atoms with Crippen molar-refractivity contribution in [2.45, 2.75) is 0 Å². The van der Waals surface area contributed by atoms with Crippen molar-refractivity contribution in [3.63, 3.8) is 0 Å². The molecule has 12 aromatic rings. The van der Waals surface area contributed by atoms with Gasteiger partial charge in [0, 0.05) is 63.7 Å². The molecule has 236 valence electrons. The van der Waals surface area contributed by atoms with Gasteiger partial charge in [0.05, 0.1) is 27.6 Å². The van der Waals surface area contributed by atoms with E-state index in [0.717, 1.165) is 5.69 Å². The minimum absolute atomic E-state index is 1.16. The average Bonchev–Trinajstić information content (AvgIpc) is 3.93. The molecule has 0 radical (unpaired) electrons. The van der Waals surface area contributed by atoms with Gasteiger partial charge in [-0.1, -0.05) is 109 Å². The normalized spacial score (nSPS) is 12.3. The fourth-order valence-corrected chi connectivity index (χ4v) is 9.92. The Kier molecular flexibility index (Phi) is 5.41. The zero-order chi connectivity index (χ0) is 33.2. The smallest absolute Gasteiger partial charge is 0.0620 e. The van der Waals surface area contributed by atoms with E-state index in [9.17, 15) is 0 Å². The molecular weight excluding hydrogens is 637 g/mol. The lowest BCUT2D eigenvalue weighted by Crippen LogP contribution is -1.95. The molecule has 4 heterocycles. The van der Waals surface area contributed by atoms with Crippen LogP contribution in [-0.4, -0.2) is 8.97 Å². The van der Waals surface area contributed by atoms with Gasteiger partial charge in [-0.25, -0.2) is 0 Å². The van der Waals surface area contributed by atoms with Crippen LogP contribution >= 0.6 is 11.3 Å². The Bertz CT molecular complexity index is 3270. The summed E-state index contributed by atoms with van der Waals surface area (Å²) in [5.41, 5.74) is 12.4. The van der Waals surface area contributed by atoms with Crippen molar-refractivity contribution in [1.82, 2.24) is 8.97 Å². The largest absolute Gasteiger partial charge is 0.309 e. The summed E-state index contributed by atoms with van der Waals surface area (Å²) < 4.78 is 7.57. The molecule has 0 saturated carbocycles. The molecular formula is C48H28N2S. The van der Waals surface area contributed by atoms with E-state index in [0.29, 0.717) is 0 Å². The van der Waals surface area contributed by atoms with E-state index in [4.69, 9.17) is 0 Å². The van der Waals surface area contributed by atoms with E-state index in [1.165, 1.54) is 102 Å². The van der Waals surface area contributed by atoms with Gasteiger partial charge in [0.25, 0.3) is 0 Å². The maximum absolute atomic E-state index is 2.46. The number of hydrogen-bond acceptors (Lipinski definition) is 1. The summed E-state index contributed by atoms with van der Waals surface area (Å²) in [4.78, 5) is 0. The second kappa shape index (κ2) is 10.1. The first-order chi connectivity index (χ1) is 25.3. The molecule has 0 bridgehead atoms. The van der Waals surface area contributed by atoms with Crippen LogP contribution in [0.25, 0.3) is 108 Å². The molecule has 0 atom stereocenters. The highest BCUT2D eigenvalue weighted by Gasteiger charge is 2.20. The highest BCUT2D eigenvalue weighted by Crippen LogP contribution is 2.43. The Morgan fingerprint density at radius 2 is 0.882 bits per heavy atom. The molecule has 4 aromatic heterocycles. The molecule has 0 saturated heterocycles. The molecule has 2 nitrogen and oxygen atoms in total. The average molecular weight is 665 g/mol. The van der Waals surface area contributed by atoms with Crippen LogP contribution in [0, 0.1) is 0 Å². The second-order valence-electron chi connectivity index (χ2n) is 13.7. The van der Waals surface area contributed by atoms with Gasteiger partial charge >= 0.3 is 0 Å². The van der Waals surface area contributed by atoms with Crippen molar-refractivity contribution in [1.29, 1.82) is 0 Å². The van der Waals surface area contributed by atoms with Gasteiger partial charge in [-0.15, -0.1) is 11.3 Å². The molecule has 3 heteroatoms. The molecule has 0 amide bonds. The van der Waals surface area contributed by atoms with E-state index in [1.54, 1.807) is 0 Å². The molecule has 0 spiro atoms. The van der Waals surface area contributed by atoms with Crippen molar-refractivity contribution in [2.24, 2.45) is 0 Å². The third-order valence-corrected chi connectivity index (χ3v) is 12.2. The highest BCUT2D eigenvalue weighted by molar-refractivity contribution is 7.25. The van der Waals surface area contributed by atoms with Crippen molar-refractivity contribution in [3.8, 4) is 27.9 Å². The third-order valence-electron chi connectivity index (χ3n) is 11.0. The maximum atomic E-state index is 2.46. The Labute approximate surface area is 297 Å². The molecule has 0 aliphatic carbocycles. The van der Waals surface area contributed by atoms with Gasteiger partial charge in [-0.3, -0.25) is 0 Å². The third kappa shape index (κ3) is 3.71. The van der Waals surface area contributed by atoms with Crippen LogP contribution in [0.4, 0.5) is 0 Å².